The van der Waals surface area contributed by atoms with Crippen molar-refractivity contribution in [2.75, 3.05) is 0 Å². The third-order valence-electron chi connectivity index (χ3n) is 4.15. The minimum absolute atomic E-state index is 0.0250. The number of rotatable bonds is 6. The van der Waals surface area contributed by atoms with Gasteiger partial charge in [-0.25, -0.2) is 0 Å². The third-order valence-corrected chi connectivity index (χ3v) is 4.66. The molecule has 1 atom stereocenters. The monoisotopic (exact) mass is 365 g/mol. The number of carbonyl (C=O) groups excluding carboxylic acids is 1. The van der Waals surface area contributed by atoms with Crippen molar-refractivity contribution in [2.45, 2.75) is 31.7 Å². The van der Waals surface area contributed by atoms with E-state index in [-0.39, 0.29) is 17.1 Å². The topological polar surface area (TPSA) is 60.2 Å². The maximum atomic E-state index is 12.6. The van der Waals surface area contributed by atoms with Crippen LogP contribution in [-0.2, 0) is 0 Å². The van der Waals surface area contributed by atoms with Gasteiger partial charge in [-0.2, -0.15) is 0 Å². The van der Waals surface area contributed by atoms with Crippen molar-refractivity contribution in [3.8, 4) is 0 Å². The molecular weight excluding hydrogens is 349 g/mol. The van der Waals surface area contributed by atoms with E-state index in [0.29, 0.717) is 21.2 Å². The van der Waals surface area contributed by atoms with Crippen LogP contribution in [0.4, 0.5) is 0 Å². The Hall–Kier alpha value is -1.91. The van der Waals surface area contributed by atoms with Crippen LogP contribution in [0.15, 0.2) is 48.5 Å². The predicted octanol–water partition coefficient (Wildman–Crippen LogP) is 5.41. The maximum Gasteiger partial charge on any atom is 0.223 e. The molecule has 0 aliphatic heterocycles. The Morgan fingerprint density at radius 3 is 1.96 bits per heavy atom. The molecule has 0 aromatic heterocycles. The van der Waals surface area contributed by atoms with Crippen molar-refractivity contribution in [1.29, 1.82) is 0 Å². The molecule has 4 nitrogen and oxygen atoms in total. The first-order chi connectivity index (χ1) is 11.2. The number of ketones is 1. The van der Waals surface area contributed by atoms with E-state index < -0.39 is 11.5 Å². The molecule has 0 unspecified atom stereocenters. The van der Waals surface area contributed by atoms with Crippen LogP contribution in [0.5, 0.6) is 0 Å². The highest BCUT2D eigenvalue weighted by Crippen LogP contribution is 2.35. The van der Waals surface area contributed by atoms with E-state index in [1.807, 2.05) is 0 Å². The van der Waals surface area contributed by atoms with Gasteiger partial charge in [0.25, 0.3) is 0 Å². The Labute approximate surface area is 150 Å². The van der Waals surface area contributed by atoms with Gasteiger partial charge in [0.1, 0.15) is 0 Å². The number of hydrogen-bond acceptors (Lipinski definition) is 3. The molecule has 0 fully saturated rings. The zero-order chi connectivity index (χ0) is 17.9. The van der Waals surface area contributed by atoms with Gasteiger partial charge < -0.3 is 0 Å². The summed E-state index contributed by atoms with van der Waals surface area (Å²) in [7, 11) is 0. The largest absolute Gasteiger partial charge is 0.294 e. The summed E-state index contributed by atoms with van der Waals surface area (Å²) in [6.45, 7) is 3.06. The minimum atomic E-state index is -1.30. The quantitative estimate of drug-likeness (QED) is 0.390. The SMILES string of the molecule is CC(C)([C@H](CC(=O)c1ccc(Cl)cc1)c1ccc(Cl)cc1)[N+](=O)[O-]. The van der Waals surface area contributed by atoms with E-state index in [2.05, 4.69) is 0 Å². The summed E-state index contributed by atoms with van der Waals surface area (Å²) in [5.41, 5.74) is -0.100. The molecule has 0 N–H and O–H groups in total. The fourth-order valence-corrected chi connectivity index (χ4v) is 2.79. The summed E-state index contributed by atoms with van der Waals surface area (Å²) in [5, 5.41) is 12.6. The zero-order valence-electron chi connectivity index (χ0n) is 13.3. The van der Waals surface area contributed by atoms with Gasteiger partial charge in [-0.1, -0.05) is 35.3 Å². The molecule has 6 heteroatoms. The highest BCUT2D eigenvalue weighted by Gasteiger charge is 2.42. The molecule has 0 radical (unpaired) electrons. The predicted molar refractivity (Wildman–Crippen MR) is 95.7 cm³/mol. The third kappa shape index (κ3) is 4.13. The molecule has 0 spiro atoms. The van der Waals surface area contributed by atoms with E-state index in [9.17, 15) is 14.9 Å². The number of hydrogen-bond donors (Lipinski definition) is 0. The number of benzene rings is 2. The fourth-order valence-electron chi connectivity index (χ4n) is 2.54. The lowest BCUT2D eigenvalue weighted by atomic mass is 9.78. The van der Waals surface area contributed by atoms with Gasteiger partial charge in [-0.15, -0.1) is 0 Å². The molecule has 2 aromatic rings. The molecule has 0 aliphatic rings. The van der Waals surface area contributed by atoms with E-state index in [0.717, 1.165) is 0 Å². The average molecular weight is 366 g/mol. The van der Waals surface area contributed by atoms with Crippen LogP contribution in [-0.4, -0.2) is 16.2 Å². The molecule has 0 aliphatic carbocycles. The van der Waals surface area contributed by atoms with Crippen LogP contribution in [0.3, 0.4) is 0 Å². The number of Topliss-reactive ketones (excluding diaryl/α,β-unsaturated/α-hetero) is 1. The highest BCUT2D eigenvalue weighted by molar-refractivity contribution is 6.30. The second kappa shape index (κ2) is 7.32. The van der Waals surface area contributed by atoms with Gasteiger partial charge in [0.15, 0.2) is 5.78 Å². The molecule has 0 heterocycles. The van der Waals surface area contributed by atoms with E-state index >= 15 is 0 Å². The van der Waals surface area contributed by atoms with Crippen LogP contribution in [0.25, 0.3) is 0 Å². The van der Waals surface area contributed by atoms with Crippen molar-refractivity contribution in [1.82, 2.24) is 0 Å². The second-order valence-corrected chi connectivity index (χ2v) is 7.02. The van der Waals surface area contributed by atoms with E-state index in [1.165, 1.54) is 13.8 Å². The van der Waals surface area contributed by atoms with Crippen molar-refractivity contribution in [3.63, 3.8) is 0 Å². The summed E-state index contributed by atoms with van der Waals surface area (Å²) in [4.78, 5) is 23.8. The molecule has 2 aromatic carbocycles. The minimum Gasteiger partial charge on any atom is -0.294 e. The number of nitrogens with zero attached hydrogens (tertiary/aromatic N) is 1. The summed E-state index contributed by atoms with van der Waals surface area (Å²) in [6.07, 6.45) is 0.0250. The Balaban J connectivity index is 2.35. The van der Waals surface area contributed by atoms with Gasteiger partial charge in [-0.3, -0.25) is 14.9 Å². The number of nitro groups is 1. The normalized spacial score (nSPS) is 12.7. The molecule has 0 amide bonds. The van der Waals surface area contributed by atoms with Crippen LogP contribution >= 0.6 is 23.2 Å². The number of carbonyl (C=O) groups is 1. The van der Waals surface area contributed by atoms with Crippen LogP contribution in [0, 0.1) is 10.1 Å². The first kappa shape index (κ1) is 18.4. The van der Waals surface area contributed by atoms with Gasteiger partial charge in [-0.05, 0) is 42.0 Å². The summed E-state index contributed by atoms with van der Waals surface area (Å²) >= 11 is 11.7. The molecule has 2 rings (SSSR count). The molecular formula is C18H17Cl2NO3. The molecule has 0 saturated heterocycles. The van der Waals surface area contributed by atoms with Crippen molar-refractivity contribution in [2.24, 2.45) is 0 Å². The summed E-state index contributed by atoms with van der Waals surface area (Å²) in [5.74, 6) is -0.741. The van der Waals surface area contributed by atoms with Crippen LogP contribution < -0.4 is 0 Å². The van der Waals surface area contributed by atoms with Gasteiger partial charge >= 0.3 is 0 Å². The van der Waals surface area contributed by atoms with Crippen LogP contribution in [0.2, 0.25) is 10.0 Å². The summed E-state index contributed by atoms with van der Waals surface area (Å²) < 4.78 is 0. The number of halogens is 2. The Kier molecular flexibility index (Phi) is 5.62. The maximum absolute atomic E-state index is 12.6. The van der Waals surface area contributed by atoms with Crippen molar-refractivity contribution >= 4 is 29.0 Å². The lowest BCUT2D eigenvalue weighted by Gasteiger charge is -2.27. The molecule has 0 saturated carbocycles. The Morgan fingerprint density at radius 1 is 1.04 bits per heavy atom. The van der Waals surface area contributed by atoms with Crippen molar-refractivity contribution in [3.05, 3.63) is 79.8 Å². The Bertz CT molecular complexity index is 740. The Morgan fingerprint density at radius 2 is 1.50 bits per heavy atom. The smallest absolute Gasteiger partial charge is 0.223 e. The van der Waals surface area contributed by atoms with E-state index in [4.69, 9.17) is 23.2 Å². The van der Waals surface area contributed by atoms with Crippen molar-refractivity contribution < 1.29 is 9.72 Å². The molecule has 126 valence electrons. The van der Waals surface area contributed by atoms with Gasteiger partial charge in [0.05, 0.1) is 5.92 Å². The summed E-state index contributed by atoms with van der Waals surface area (Å²) in [6, 6.07) is 13.3. The first-order valence-electron chi connectivity index (χ1n) is 7.40. The second-order valence-electron chi connectivity index (χ2n) is 6.15. The first-order valence-corrected chi connectivity index (χ1v) is 8.16. The fraction of sp³-hybridized carbons (Fsp3) is 0.278. The molecule has 24 heavy (non-hydrogen) atoms. The lowest BCUT2D eigenvalue weighted by Crippen LogP contribution is -2.39. The standard InChI is InChI=1S/C18H17Cl2NO3/c1-18(2,21(23)24)16(12-3-7-14(19)8-4-12)11-17(22)13-5-9-15(20)10-6-13/h3-10,16H,11H2,1-2H3/t16-/m1/s1. The zero-order valence-corrected chi connectivity index (χ0v) is 14.8. The van der Waals surface area contributed by atoms with E-state index in [1.54, 1.807) is 48.5 Å². The average Bonchev–Trinajstić information content (AvgIpc) is 2.53. The van der Waals surface area contributed by atoms with Gasteiger partial charge in [0, 0.05) is 40.8 Å². The molecule has 0 bridgehead atoms. The lowest BCUT2D eigenvalue weighted by molar-refractivity contribution is -0.565. The highest BCUT2D eigenvalue weighted by atomic mass is 35.5. The van der Waals surface area contributed by atoms with Crippen LogP contribution in [0.1, 0.15) is 42.1 Å². The van der Waals surface area contributed by atoms with Gasteiger partial charge in [0.2, 0.25) is 5.54 Å².